The zero-order valence-electron chi connectivity index (χ0n) is 11.1. The number of hydrogen-bond donors (Lipinski definition) is 1. The van der Waals surface area contributed by atoms with Crippen LogP contribution in [0.15, 0.2) is 47.1 Å². The second-order valence-corrected chi connectivity index (χ2v) is 5.23. The summed E-state index contributed by atoms with van der Waals surface area (Å²) >= 11 is 1.37. The summed E-state index contributed by atoms with van der Waals surface area (Å²) in [6.45, 7) is 3.63. The van der Waals surface area contributed by atoms with Crippen molar-refractivity contribution >= 4 is 29.1 Å². The van der Waals surface area contributed by atoms with Crippen molar-refractivity contribution in [2.45, 2.75) is 11.7 Å². The predicted octanol–water partition coefficient (Wildman–Crippen LogP) is 2.19. The van der Waals surface area contributed by atoms with Gasteiger partial charge in [-0.1, -0.05) is 17.8 Å². The van der Waals surface area contributed by atoms with Crippen LogP contribution in [-0.4, -0.2) is 29.6 Å². The van der Waals surface area contributed by atoms with Gasteiger partial charge in [-0.2, -0.15) is 5.10 Å². The SMILES string of the molecule is C=CC[C@@H]1S/C(=N/N=C/c2ccc(OC)cc2)NC1=O. The van der Waals surface area contributed by atoms with Crippen LogP contribution in [0.5, 0.6) is 5.75 Å². The summed E-state index contributed by atoms with van der Waals surface area (Å²) in [6.07, 6.45) is 3.97. The molecule has 1 aliphatic rings. The molecule has 104 valence electrons. The molecule has 0 aromatic heterocycles. The topological polar surface area (TPSA) is 63.1 Å². The monoisotopic (exact) mass is 289 g/mol. The van der Waals surface area contributed by atoms with Crippen LogP contribution >= 0.6 is 11.8 Å². The molecular weight excluding hydrogens is 274 g/mol. The molecule has 6 heteroatoms. The van der Waals surface area contributed by atoms with Gasteiger partial charge in [0.25, 0.3) is 0 Å². The average Bonchev–Trinajstić information content (AvgIpc) is 2.80. The highest BCUT2D eigenvalue weighted by atomic mass is 32.2. The number of carbonyl (C=O) groups is 1. The van der Waals surface area contributed by atoms with Gasteiger partial charge in [-0.3, -0.25) is 4.79 Å². The zero-order valence-corrected chi connectivity index (χ0v) is 11.9. The number of carbonyl (C=O) groups excluding carboxylic acids is 1. The molecule has 0 aliphatic carbocycles. The fourth-order valence-electron chi connectivity index (χ4n) is 1.60. The van der Waals surface area contributed by atoms with Crippen LogP contribution in [0.2, 0.25) is 0 Å². The van der Waals surface area contributed by atoms with Crippen molar-refractivity contribution in [3.05, 3.63) is 42.5 Å². The fraction of sp³-hybridized carbons (Fsp3) is 0.214. The third kappa shape index (κ3) is 3.71. The summed E-state index contributed by atoms with van der Waals surface area (Å²) in [7, 11) is 1.62. The number of hydrogen-bond acceptors (Lipinski definition) is 5. The molecule has 20 heavy (non-hydrogen) atoms. The molecule has 0 bridgehead atoms. The van der Waals surface area contributed by atoms with Crippen LogP contribution in [0.3, 0.4) is 0 Å². The van der Waals surface area contributed by atoms with Crippen LogP contribution in [0.4, 0.5) is 0 Å². The van der Waals surface area contributed by atoms with Crippen LogP contribution in [0, 0.1) is 0 Å². The second kappa shape index (κ2) is 6.91. The first-order chi connectivity index (χ1) is 9.72. The standard InChI is InChI=1S/C14H15N3O2S/c1-3-4-12-13(18)16-14(20-12)17-15-9-10-5-7-11(19-2)8-6-10/h3,5-9,12H,1,4H2,2H3,(H,16,17,18)/b15-9+/t12-/m0/s1. The third-order valence-corrected chi connectivity index (χ3v) is 3.73. The van der Waals surface area contributed by atoms with Gasteiger partial charge >= 0.3 is 0 Å². The van der Waals surface area contributed by atoms with Crippen LogP contribution < -0.4 is 10.1 Å². The minimum atomic E-state index is -0.151. The molecule has 1 saturated heterocycles. The molecule has 0 unspecified atom stereocenters. The first-order valence-corrected chi connectivity index (χ1v) is 6.94. The van der Waals surface area contributed by atoms with Crippen molar-refractivity contribution in [2.24, 2.45) is 10.2 Å². The lowest BCUT2D eigenvalue weighted by molar-refractivity contribution is -0.118. The third-order valence-electron chi connectivity index (χ3n) is 2.63. The van der Waals surface area contributed by atoms with Gasteiger partial charge in [0.15, 0.2) is 5.17 Å². The maximum Gasteiger partial charge on any atom is 0.239 e. The number of amidine groups is 1. The first-order valence-electron chi connectivity index (χ1n) is 6.06. The molecule has 0 radical (unpaired) electrons. The van der Waals surface area contributed by atoms with E-state index in [4.69, 9.17) is 4.74 Å². The Balaban J connectivity index is 1.96. The number of nitrogens with one attached hydrogen (secondary N) is 1. The summed E-state index contributed by atoms with van der Waals surface area (Å²) in [5.41, 5.74) is 0.909. The number of allylic oxidation sites excluding steroid dienone is 1. The maximum atomic E-state index is 11.6. The van der Waals surface area contributed by atoms with Gasteiger partial charge < -0.3 is 10.1 Å². The van der Waals surface area contributed by atoms with Crippen molar-refractivity contribution in [3.8, 4) is 5.75 Å². The van der Waals surface area contributed by atoms with E-state index < -0.39 is 0 Å². The van der Waals surface area contributed by atoms with Crippen LogP contribution in [0.25, 0.3) is 0 Å². The normalized spacial score (nSPS) is 20.4. The summed E-state index contributed by atoms with van der Waals surface area (Å²) in [6, 6.07) is 7.45. The highest BCUT2D eigenvalue weighted by Crippen LogP contribution is 2.22. The summed E-state index contributed by atoms with van der Waals surface area (Å²) in [4.78, 5) is 11.6. The van der Waals surface area contributed by atoms with E-state index in [9.17, 15) is 4.79 Å². The lowest BCUT2D eigenvalue weighted by atomic mass is 10.2. The van der Waals surface area contributed by atoms with E-state index in [1.54, 1.807) is 19.4 Å². The summed E-state index contributed by atoms with van der Waals surface area (Å²) in [5, 5.41) is 11.0. The van der Waals surface area contributed by atoms with E-state index in [1.165, 1.54) is 11.8 Å². The molecule has 1 amide bonds. The number of methoxy groups -OCH3 is 1. The Morgan fingerprint density at radius 1 is 1.45 bits per heavy atom. The van der Waals surface area contributed by atoms with E-state index in [-0.39, 0.29) is 11.2 Å². The van der Waals surface area contributed by atoms with E-state index in [0.717, 1.165) is 11.3 Å². The quantitative estimate of drug-likeness (QED) is 0.513. The summed E-state index contributed by atoms with van der Waals surface area (Å²) in [5.74, 6) is 0.743. The lowest BCUT2D eigenvalue weighted by Gasteiger charge is -1.98. The molecule has 2 rings (SSSR count). The Bertz CT molecular complexity index is 552. The van der Waals surface area contributed by atoms with E-state index in [2.05, 4.69) is 22.1 Å². The van der Waals surface area contributed by atoms with Crippen molar-refractivity contribution in [1.29, 1.82) is 0 Å². The molecule has 1 aromatic carbocycles. The molecule has 1 aliphatic heterocycles. The van der Waals surface area contributed by atoms with Gasteiger partial charge in [-0.25, -0.2) is 0 Å². The molecular formula is C14H15N3O2S. The number of amides is 1. The predicted molar refractivity (Wildman–Crippen MR) is 82.4 cm³/mol. The Morgan fingerprint density at radius 3 is 2.85 bits per heavy atom. The molecule has 1 aromatic rings. The largest absolute Gasteiger partial charge is 0.497 e. The van der Waals surface area contributed by atoms with Crippen molar-refractivity contribution in [3.63, 3.8) is 0 Å². The van der Waals surface area contributed by atoms with Crippen molar-refractivity contribution in [1.82, 2.24) is 5.32 Å². The number of thioether (sulfide) groups is 1. The number of rotatable bonds is 5. The highest BCUT2D eigenvalue weighted by molar-refractivity contribution is 8.15. The van der Waals surface area contributed by atoms with Crippen molar-refractivity contribution < 1.29 is 9.53 Å². The highest BCUT2D eigenvalue weighted by Gasteiger charge is 2.28. The minimum Gasteiger partial charge on any atom is -0.497 e. The maximum absolute atomic E-state index is 11.6. The molecule has 0 spiro atoms. The van der Waals surface area contributed by atoms with Gasteiger partial charge in [0.05, 0.1) is 18.6 Å². The average molecular weight is 289 g/mol. The molecule has 1 fully saturated rings. The Labute approximate surface area is 121 Å². The Kier molecular flexibility index (Phi) is 4.95. The fourth-order valence-corrected chi connectivity index (χ4v) is 2.52. The van der Waals surface area contributed by atoms with Crippen LogP contribution in [-0.2, 0) is 4.79 Å². The molecule has 5 nitrogen and oxygen atoms in total. The molecule has 0 saturated carbocycles. The second-order valence-electron chi connectivity index (χ2n) is 4.04. The van der Waals surface area contributed by atoms with Crippen LogP contribution in [0.1, 0.15) is 12.0 Å². The van der Waals surface area contributed by atoms with E-state index in [1.807, 2.05) is 24.3 Å². The zero-order chi connectivity index (χ0) is 14.4. The molecule has 1 atom stereocenters. The van der Waals surface area contributed by atoms with Gasteiger partial charge in [-0.05, 0) is 36.2 Å². The lowest BCUT2D eigenvalue weighted by Crippen LogP contribution is -2.24. The van der Waals surface area contributed by atoms with E-state index >= 15 is 0 Å². The Morgan fingerprint density at radius 2 is 2.20 bits per heavy atom. The molecule has 1 N–H and O–H groups in total. The molecule has 1 heterocycles. The Hall–Kier alpha value is -2.08. The van der Waals surface area contributed by atoms with Gasteiger partial charge in [0, 0.05) is 0 Å². The smallest absolute Gasteiger partial charge is 0.239 e. The summed E-state index contributed by atoms with van der Waals surface area (Å²) < 4.78 is 5.07. The van der Waals surface area contributed by atoms with Crippen molar-refractivity contribution in [2.75, 3.05) is 7.11 Å². The van der Waals surface area contributed by atoms with Gasteiger partial charge in [0.1, 0.15) is 5.75 Å². The number of nitrogens with zero attached hydrogens (tertiary/aromatic N) is 2. The van der Waals surface area contributed by atoms with Gasteiger partial charge in [-0.15, -0.1) is 11.7 Å². The number of benzene rings is 1. The van der Waals surface area contributed by atoms with Gasteiger partial charge in [0.2, 0.25) is 5.91 Å². The number of ether oxygens (including phenoxy) is 1. The van der Waals surface area contributed by atoms with E-state index in [0.29, 0.717) is 11.6 Å². The first kappa shape index (κ1) is 14.3. The minimum absolute atomic E-state index is 0.0479.